The Bertz CT molecular complexity index is 1180. The Hall–Kier alpha value is -2.66. The molecule has 2 aliphatic heterocycles. The second kappa shape index (κ2) is 9.18. The number of likely N-dealkylation sites (tertiary alicyclic amines) is 1. The van der Waals surface area contributed by atoms with Gasteiger partial charge in [-0.1, -0.05) is 0 Å². The van der Waals surface area contributed by atoms with E-state index in [-0.39, 0.29) is 34.1 Å². The molecule has 186 valence electrons. The number of nitrogens with one attached hydrogen (secondary N) is 1. The fraction of sp³-hybridized carbons (Fsp3) is 0.609. The van der Waals surface area contributed by atoms with Gasteiger partial charge in [-0.05, 0) is 51.3 Å². The molecule has 0 atom stereocenters. The standard InChI is InChI=1S/C23H32N4O6S/c1-23(2,3)33-22(28)26-6-4-17(5-7-26)19-14-18-12-16(13-20(27(29)30)21(18)24-19)15-25-8-10-34(31,32)11-9-25/h12-14,17,24H,4-11,15H2,1-3H3. The number of H-pyrrole nitrogens is 1. The van der Waals surface area contributed by atoms with Gasteiger partial charge in [-0.15, -0.1) is 0 Å². The average Bonchev–Trinajstić information content (AvgIpc) is 3.17. The van der Waals surface area contributed by atoms with E-state index in [1.807, 2.05) is 37.8 Å². The van der Waals surface area contributed by atoms with Crippen molar-refractivity contribution in [3.63, 3.8) is 0 Å². The Morgan fingerprint density at radius 1 is 1.15 bits per heavy atom. The average molecular weight is 493 g/mol. The van der Waals surface area contributed by atoms with Crippen LogP contribution in [0.5, 0.6) is 0 Å². The number of nitro groups is 1. The number of amides is 1. The molecule has 4 rings (SSSR count). The van der Waals surface area contributed by atoms with Crippen LogP contribution in [0.25, 0.3) is 10.9 Å². The minimum atomic E-state index is -2.98. The summed E-state index contributed by atoms with van der Waals surface area (Å²) in [5.41, 5.74) is 1.71. The van der Waals surface area contributed by atoms with Crippen LogP contribution in [-0.2, 0) is 21.1 Å². The molecule has 1 amide bonds. The van der Waals surface area contributed by atoms with Crippen molar-refractivity contribution in [1.82, 2.24) is 14.8 Å². The SMILES string of the molecule is CC(C)(C)OC(=O)N1CCC(c2cc3cc(CN4CCS(=O)(=O)CC4)cc([N+](=O)[O-])c3[nH]2)CC1. The summed E-state index contributed by atoms with van der Waals surface area (Å²) in [5.74, 6) is 0.405. The minimum Gasteiger partial charge on any atom is -0.444 e. The lowest BCUT2D eigenvalue weighted by Crippen LogP contribution is -2.41. The Morgan fingerprint density at radius 3 is 2.38 bits per heavy atom. The Balaban J connectivity index is 1.49. The van der Waals surface area contributed by atoms with Crippen molar-refractivity contribution in [2.45, 2.75) is 51.7 Å². The fourth-order valence-electron chi connectivity index (χ4n) is 4.63. The quantitative estimate of drug-likeness (QED) is 0.512. The molecule has 0 unspecified atom stereocenters. The smallest absolute Gasteiger partial charge is 0.410 e. The highest BCUT2D eigenvalue weighted by atomic mass is 32.2. The van der Waals surface area contributed by atoms with Gasteiger partial charge in [-0.2, -0.15) is 0 Å². The van der Waals surface area contributed by atoms with Crippen molar-refractivity contribution in [2.24, 2.45) is 0 Å². The molecule has 1 aromatic heterocycles. The zero-order valence-electron chi connectivity index (χ0n) is 19.9. The molecule has 0 aliphatic carbocycles. The molecule has 0 bridgehead atoms. The van der Waals surface area contributed by atoms with Gasteiger partial charge in [0, 0.05) is 55.8 Å². The molecule has 0 radical (unpaired) electrons. The van der Waals surface area contributed by atoms with Crippen LogP contribution < -0.4 is 0 Å². The van der Waals surface area contributed by atoms with Crippen LogP contribution in [0.4, 0.5) is 10.5 Å². The molecule has 1 aromatic carbocycles. The van der Waals surface area contributed by atoms with Gasteiger partial charge in [0.15, 0.2) is 9.84 Å². The first-order valence-corrected chi connectivity index (χ1v) is 13.4. The lowest BCUT2D eigenvalue weighted by Gasteiger charge is -2.33. The number of piperidine rings is 1. The molecular weight excluding hydrogens is 460 g/mol. The topological polar surface area (TPSA) is 126 Å². The van der Waals surface area contributed by atoms with Gasteiger partial charge in [0.2, 0.25) is 0 Å². The maximum absolute atomic E-state index is 12.3. The highest BCUT2D eigenvalue weighted by Crippen LogP contribution is 2.34. The monoisotopic (exact) mass is 492 g/mol. The summed E-state index contributed by atoms with van der Waals surface area (Å²) < 4.78 is 28.8. The van der Waals surface area contributed by atoms with Crippen LogP contribution >= 0.6 is 0 Å². The van der Waals surface area contributed by atoms with Crippen LogP contribution in [0.2, 0.25) is 0 Å². The highest BCUT2D eigenvalue weighted by molar-refractivity contribution is 7.91. The molecule has 2 saturated heterocycles. The normalized spacial score (nSPS) is 19.9. The van der Waals surface area contributed by atoms with Crippen LogP contribution in [0, 0.1) is 10.1 Å². The lowest BCUT2D eigenvalue weighted by molar-refractivity contribution is -0.383. The summed E-state index contributed by atoms with van der Waals surface area (Å²) in [5, 5.41) is 12.6. The van der Waals surface area contributed by atoms with Crippen molar-refractivity contribution in [3.05, 3.63) is 39.6 Å². The third-order valence-electron chi connectivity index (χ3n) is 6.41. The van der Waals surface area contributed by atoms with Gasteiger partial charge < -0.3 is 14.6 Å². The van der Waals surface area contributed by atoms with E-state index in [0.717, 1.165) is 29.5 Å². The van der Waals surface area contributed by atoms with Crippen LogP contribution in [-0.4, -0.2) is 77.5 Å². The van der Waals surface area contributed by atoms with Gasteiger partial charge in [0.05, 0.1) is 16.4 Å². The second-order valence-electron chi connectivity index (χ2n) is 10.2. The molecule has 10 nitrogen and oxygen atoms in total. The zero-order valence-corrected chi connectivity index (χ0v) is 20.7. The summed E-state index contributed by atoms with van der Waals surface area (Å²) in [6, 6.07) is 5.50. The minimum absolute atomic E-state index is 0.0228. The van der Waals surface area contributed by atoms with E-state index < -0.39 is 15.4 Å². The molecule has 3 heterocycles. The number of fused-ring (bicyclic) bond motifs is 1. The van der Waals surface area contributed by atoms with Gasteiger partial charge in [0.25, 0.3) is 5.69 Å². The molecule has 0 spiro atoms. The zero-order chi connectivity index (χ0) is 24.7. The van der Waals surface area contributed by atoms with Gasteiger partial charge in [-0.25, -0.2) is 13.2 Å². The van der Waals surface area contributed by atoms with E-state index in [1.165, 1.54) is 0 Å². The van der Waals surface area contributed by atoms with Crippen molar-refractivity contribution < 1.29 is 22.9 Å². The molecular formula is C23H32N4O6S. The molecule has 0 saturated carbocycles. The van der Waals surface area contributed by atoms with Gasteiger partial charge in [0.1, 0.15) is 11.1 Å². The number of benzene rings is 1. The van der Waals surface area contributed by atoms with E-state index in [9.17, 15) is 23.3 Å². The predicted molar refractivity (Wildman–Crippen MR) is 129 cm³/mol. The number of nitrogens with zero attached hydrogens (tertiary/aromatic N) is 3. The number of ether oxygens (including phenoxy) is 1. The van der Waals surface area contributed by atoms with Crippen molar-refractivity contribution in [3.8, 4) is 0 Å². The number of hydrogen-bond donors (Lipinski definition) is 1. The molecule has 2 fully saturated rings. The van der Waals surface area contributed by atoms with E-state index in [0.29, 0.717) is 38.2 Å². The second-order valence-corrected chi connectivity index (χ2v) is 12.5. The number of carbonyl (C=O) groups is 1. The van der Waals surface area contributed by atoms with Crippen molar-refractivity contribution in [2.75, 3.05) is 37.7 Å². The fourth-order valence-corrected chi connectivity index (χ4v) is 5.91. The van der Waals surface area contributed by atoms with Crippen molar-refractivity contribution >= 4 is 32.5 Å². The Morgan fingerprint density at radius 2 is 1.79 bits per heavy atom. The number of carbonyl (C=O) groups excluding carboxylic acids is 1. The lowest BCUT2D eigenvalue weighted by atomic mass is 9.94. The molecule has 2 aromatic rings. The number of aromatic amines is 1. The number of hydrogen-bond acceptors (Lipinski definition) is 7. The van der Waals surface area contributed by atoms with E-state index in [4.69, 9.17) is 4.74 Å². The van der Waals surface area contributed by atoms with E-state index >= 15 is 0 Å². The largest absolute Gasteiger partial charge is 0.444 e. The molecule has 2 aliphatic rings. The maximum atomic E-state index is 12.3. The summed E-state index contributed by atoms with van der Waals surface area (Å²) >= 11 is 0. The highest BCUT2D eigenvalue weighted by Gasteiger charge is 2.29. The first-order chi connectivity index (χ1) is 15.9. The predicted octanol–water partition coefficient (Wildman–Crippen LogP) is 3.42. The summed E-state index contributed by atoms with van der Waals surface area (Å²) in [7, 11) is -2.98. The van der Waals surface area contributed by atoms with E-state index in [1.54, 1.807) is 11.0 Å². The van der Waals surface area contributed by atoms with Gasteiger partial charge >= 0.3 is 6.09 Å². The Labute approximate surface area is 199 Å². The number of sulfone groups is 1. The van der Waals surface area contributed by atoms with E-state index in [2.05, 4.69) is 4.98 Å². The summed E-state index contributed by atoms with van der Waals surface area (Å²) in [6.07, 6.45) is 1.18. The first kappa shape index (κ1) is 24.5. The Kier molecular flexibility index (Phi) is 6.61. The number of nitro benzene ring substituents is 1. The number of aromatic nitrogens is 1. The maximum Gasteiger partial charge on any atom is 0.410 e. The van der Waals surface area contributed by atoms with Crippen LogP contribution in [0.1, 0.15) is 50.8 Å². The van der Waals surface area contributed by atoms with Crippen molar-refractivity contribution in [1.29, 1.82) is 0 Å². The summed E-state index contributed by atoms with van der Waals surface area (Å²) in [6.45, 7) is 8.01. The first-order valence-electron chi connectivity index (χ1n) is 11.6. The van der Waals surface area contributed by atoms with Crippen LogP contribution in [0.15, 0.2) is 18.2 Å². The summed E-state index contributed by atoms with van der Waals surface area (Å²) in [4.78, 5) is 30.8. The number of non-ortho nitro benzene ring substituents is 1. The van der Waals surface area contributed by atoms with Gasteiger partial charge in [-0.3, -0.25) is 15.0 Å². The third kappa shape index (κ3) is 5.69. The third-order valence-corrected chi connectivity index (χ3v) is 8.02. The molecule has 1 N–H and O–H groups in total. The number of rotatable bonds is 4. The van der Waals surface area contributed by atoms with Crippen LogP contribution in [0.3, 0.4) is 0 Å². The molecule has 11 heteroatoms. The molecule has 34 heavy (non-hydrogen) atoms.